The Morgan fingerprint density at radius 3 is 2.48 bits per heavy atom. The summed E-state index contributed by atoms with van der Waals surface area (Å²) in [5, 5.41) is 2.29. The zero-order valence-corrected chi connectivity index (χ0v) is 15.0. The third-order valence-electron chi connectivity index (χ3n) is 5.05. The van der Waals surface area contributed by atoms with Crippen molar-refractivity contribution in [3.05, 3.63) is 29.6 Å². The summed E-state index contributed by atoms with van der Waals surface area (Å²) in [5.41, 5.74) is -0.405. The van der Waals surface area contributed by atoms with Gasteiger partial charge in [-0.1, -0.05) is 0 Å². The molecule has 27 heavy (non-hydrogen) atoms. The van der Waals surface area contributed by atoms with E-state index < -0.39 is 35.1 Å². The Kier molecular flexibility index (Phi) is 6.01. The number of carbonyl (C=O) groups is 2. The second-order valence-electron chi connectivity index (χ2n) is 6.75. The van der Waals surface area contributed by atoms with Crippen molar-refractivity contribution in [3.8, 4) is 0 Å². The molecule has 148 valence electrons. The topological polar surface area (TPSA) is 61.9 Å². The Morgan fingerprint density at radius 2 is 1.85 bits per heavy atom. The highest BCUT2D eigenvalue weighted by Crippen LogP contribution is 2.21. The number of benzene rings is 1. The van der Waals surface area contributed by atoms with E-state index in [2.05, 4.69) is 5.32 Å². The van der Waals surface area contributed by atoms with Gasteiger partial charge in [0, 0.05) is 32.8 Å². The quantitative estimate of drug-likeness (QED) is 0.803. The van der Waals surface area contributed by atoms with Crippen LogP contribution in [0, 0.1) is 17.5 Å². The van der Waals surface area contributed by atoms with Gasteiger partial charge in [-0.15, -0.1) is 0 Å². The molecule has 0 unspecified atom stereocenters. The van der Waals surface area contributed by atoms with Crippen LogP contribution in [0.5, 0.6) is 0 Å². The molecule has 2 amide bonds. The first-order chi connectivity index (χ1) is 12.9. The fraction of sp³-hybridized carbons (Fsp3) is 0.556. The van der Waals surface area contributed by atoms with Crippen molar-refractivity contribution in [1.29, 1.82) is 0 Å². The SMILES string of the molecule is C[C@H](C(=O)Nc1ccc(F)c(F)c1F)N1CCN(C(=O)[C@@H]2CCCO2)CC1. The van der Waals surface area contributed by atoms with Crippen LogP contribution in [-0.2, 0) is 14.3 Å². The monoisotopic (exact) mass is 385 g/mol. The highest BCUT2D eigenvalue weighted by atomic mass is 19.2. The standard InChI is InChI=1S/C18H22F3N3O3/c1-11(17(25)22-13-5-4-12(19)15(20)16(13)21)23-6-8-24(9-7-23)18(26)14-3-2-10-27-14/h4-5,11,14H,2-3,6-10H2,1H3,(H,22,25)/t11-,14+/m1/s1. The third-order valence-corrected chi connectivity index (χ3v) is 5.05. The number of halogens is 3. The molecule has 2 saturated heterocycles. The van der Waals surface area contributed by atoms with Gasteiger partial charge in [-0.2, -0.15) is 0 Å². The predicted octanol–water partition coefficient (Wildman–Crippen LogP) is 1.75. The number of piperazine rings is 1. The highest BCUT2D eigenvalue weighted by molar-refractivity contribution is 5.94. The number of amides is 2. The molecule has 6 nitrogen and oxygen atoms in total. The van der Waals surface area contributed by atoms with E-state index in [1.165, 1.54) is 0 Å². The van der Waals surface area contributed by atoms with Crippen molar-refractivity contribution < 1.29 is 27.5 Å². The average molecular weight is 385 g/mol. The molecule has 0 saturated carbocycles. The molecule has 0 aromatic heterocycles. The van der Waals surface area contributed by atoms with Gasteiger partial charge < -0.3 is 15.0 Å². The van der Waals surface area contributed by atoms with Crippen molar-refractivity contribution >= 4 is 17.5 Å². The van der Waals surface area contributed by atoms with E-state index in [0.717, 1.165) is 25.0 Å². The van der Waals surface area contributed by atoms with Crippen LogP contribution in [0.3, 0.4) is 0 Å². The average Bonchev–Trinajstić information content (AvgIpc) is 3.22. The number of rotatable bonds is 4. The predicted molar refractivity (Wildman–Crippen MR) is 91.5 cm³/mol. The minimum absolute atomic E-state index is 0.0203. The Hall–Kier alpha value is -2.13. The Morgan fingerprint density at radius 1 is 1.15 bits per heavy atom. The first-order valence-corrected chi connectivity index (χ1v) is 8.97. The zero-order chi connectivity index (χ0) is 19.6. The molecule has 0 spiro atoms. The van der Waals surface area contributed by atoms with Crippen LogP contribution in [0.2, 0.25) is 0 Å². The van der Waals surface area contributed by atoms with Gasteiger partial charge in [0.2, 0.25) is 5.91 Å². The molecular weight excluding hydrogens is 363 g/mol. The maximum atomic E-state index is 13.7. The smallest absolute Gasteiger partial charge is 0.251 e. The molecule has 2 atom stereocenters. The van der Waals surface area contributed by atoms with Crippen molar-refractivity contribution in [1.82, 2.24) is 9.80 Å². The summed E-state index contributed by atoms with van der Waals surface area (Å²) >= 11 is 0. The zero-order valence-electron chi connectivity index (χ0n) is 15.0. The molecular formula is C18H22F3N3O3. The van der Waals surface area contributed by atoms with Crippen LogP contribution < -0.4 is 5.32 Å². The molecule has 0 bridgehead atoms. The maximum absolute atomic E-state index is 13.7. The van der Waals surface area contributed by atoms with Gasteiger partial charge in [0.15, 0.2) is 17.5 Å². The molecule has 0 aliphatic carbocycles. The molecule has 0 radical (unpaired) electrons. The lowest BCUT2D eigenvalue weighted by Gasteiger charge is -2.38. The molecule has 2 fully saturated rings. The van der Waals surface area contributed by atoms with E-state index in [1.807, 2.05) is 4.90 Å². The molecule has 2 aliphatic rings. The van der Waals surface area contributed by atoms with Gasteiger partial charge in [0.05, 0.1) is 11.7 Å². The first kappa shape index (κ1) is 19.6. The van der Waals surface area contributed by atoms with Gasteiger partial charge in [-0.25, -0.2) is 13.2 Å². The first-order valence-electron chi connectivity index (χ1n) is 8.97. The number of carbonyl (C=O) groups excluding carboxylic acids is 2. The van der Waals surface area contributed by atoms with Crippen LogP contribution in [0.15, 0.2) is 12.1 Å². The number of hydrogen-bond acceptors (Lipinski definition) is 4. The summed E-state index contributed by atoms with van der Waals surface area (Å²) in [6.45, 7) is 4.14. The number of anilines is 1. The van der Waals surface area contributed by atoms with Crippen LogP contribution >= 0.6 is 0 Å². The van der Waals surface area contributed by atoms with Gasteiger partial charge in [0.1, 0.15) is 6.10 Å². The number of nitrogens with one attached hydrogen (secondary N) is 1. The van der Waals surface area contributed by atoms with Gasteiger partial charge in [-0.3, -0.25) is 14.5 Å². The third kappa shape index (κ3) is 4.24. The maximum Gasteiger partial charge on any atom is 0.251 e. The summed E-state index contributed by atoms with van der Waals surface area (Å²) in [6, 6.07) is 1.13. The Balaban J connectivity index is 1.54. The van der Waals surface area contributed by atoms with Crippen molar-refractivity contribution in [2.75, 3.05) is 38.1 Å². The minimum atomic E-state index is -1.62. The van der Waals surface area contributed by atoms with E-state index in [4.69, 9.17) is 4.74 Å². The van der Waals surface area contributed by atoms with Crippen LogP contribution in [0.25, 0.3) is 0 Å². The van der Waals surface area contributed by atoms with E-state index in [0.29, 0.717) is 32.8 Å². The fourth-order valence-corrected chi connectivity index (χ4v) is 3.33. The van der Waals surface area contributed by atoms with Crippen LogP contribution in [0.1, 0.15) is 19.8 Å². The van der Waals surface area contributed by atoms with Crippen LogP contribution in [-0.4, -0.2) is 66.5 Å². The molecule has 3 rings (SSSR count). The Labute approximate surface area is 155 Å². The van der Waals surface area contributed by atoms with Gasteiger partial charge >= 0.3 is 0 Å². The normalized spacial score (nSPS) is 21.9. The number of ether oxygens (including phenoxy) is 1. The van der Waals surface area contributed by atoms with Crippen molar-refractivity contribution in [3.63, 3.8) is 0 Å². The molecule has 1 aromatic rings. The second kappa shape index (κ2) is 8.26. The number of nitrogens with zero attached hydrogens (tertiary/aromatic N) is 2. The van der Waals surface area contributed by atoms with Gasteiger partial charge in [-0.05, 0) is 31.9 Å². The van der Waals surface area contributed by atoms with E-state index in [1.54, 1.807) is 11.8 Å². The fourth-order valence-electron chi connectivity index (χ4n) is 3.33. The lowest BCUT2D eigenvalue weighted by atomic mass is 10.1. The van der Waals surface area contributed by atoms with E-state index >= 15 is 0 Å². The molecule has 1 aromatic carbocycles. The Bertz CT molecular complexity index is 717. The highest BCUT2D eigenvalue weighted by Gasteiger charge is 2.32. The minimum Gasteiger partial charge on any atom is -0.368 e. The molecule has 9 heteroatoms. The summed E-state index contributed by atoms with van der Waals surface area (Å²) in [6.07, 6.45) is 1.25. The summed E-state index contributed by atoms with van der Waals surface area (Å²) in [5.74, 6) is -4.92. The van der Waals surface area contributed by atoms with Crippen molar-refractivity contribution in [2.45, 2.75) is 31.9 Å². The lowest BCUT2D eigenvalue weighted by Crippen LogP contribution is -2.55. The summed E-state index contributed by atoms with van der Waals surface area (Å²) in [4.78, 5) is 28.3. The van der Waals surface area contributed by atoms with Crippen LogP contribution in [0.4, 0.5) is 18.9 Å². The molecule has 1 N–H and O–H groups in total. The lowest BCUT2D eigenvalue weighted by molar-refractivity contribution is -0.143. The van der Waals surface area contributed by atoms with E-state index in [-0.39, 0.29) is 12.0 Å². The molecule has 2 heterocycles. The van der Waals surface area contributed by atoms with Crippen molar-refractivity contribution in [2.24, 2.45) is 0 Å². The molecule has 2 aliphatic heterocycles. The summed E-state index contributed by atoms with van der Waals surface area (Å²) < 4.78 is 45.4. The second-order valence-corrected chi connectivity index (χ2v) is 6.75. The van der Waals surface area contributed by atoms with E-state index in [9.17, 15) is 22.8 Å². The summed E-state index contributed by atoms with van der Waals surface area (Å²) in [7, 11) is 0. The number of hydrogen-bond donors (Lipinski definition) is 1. The van der Waals surface area contributed by atoms with Gasteiger partial charge in [0.25, 0.3) is 5.91 Å². The largest absolute Gasteiger partial charge is 0.368 e.